The smallest absolute Gasteiger partial charge is 0.149 e. The maximum absolute atomic E-state index is 5.12. The van der Waals surface area contributed by atoms with Gasteiger partial charge in [0.2, 0.25) is 0 Å². The molecule has 0 aliphatic rings. The topological polar surface area (TPSA) is 22.1 Å². The second-order valence-electron chi connectivity index (χ2n) is 3.24. The van der Waals surface area contributed by atoms with E-state index in [1.54, 1.807) is 18.4 Å². The van der Waals surface area contributed by atoms with Crippen LogP contribution in [-0.4, -0.2) is 17.8 Å². The number of thiazole rings is 1. The van der Waals surface area contributed by atoms with Crippen molar-refractivity contribution in [3.63, 3.8) is 0 Å². The van der Waals surface area contributed by atoms with Gasteiger partial charge in [0, 0.05) is 17.3 Å². The Kier molecular flexibility index (Phi) is 4.25. The molecule has 0 fully saturated rings. The molecule has 4 heteroatoms. The van der Waals surface area contributed by atoms with E-state index in [2.05, 4.69) is 17.1 Å². The second kappa shape index (κ2) is 5.92. The lowest BCUT2D eigenvalue weighted by molar-refractivity contribution is 0.414. The van der Waals surface area contributed by atoms with Gasteiger partial charge in [-0.3, -0.25) is 0 Å². The van der Waals surface area contributed by atoms with E-state index in [1.807, 2.05) is 35.5 Å². The zero-order valence-corrected chi connectivity index (χ0v) is 10.7. The van der Waals surface area contributed by atoms with Crippen molar-refractivity contribution in [3.8, 4) is 5.75 Å². The third-order valence-electron chi connectivity index (χ3n) is 2.18. The molecule has 0 spiro atoms. The highest BCUT2D eigenvalue weighted by Crippen LogP contribution is 2.21. The van der Waals surface area contributed by atoms with Crippen LogP contribution in [0.2, 0.25) is 0 Å². The Balaban J connectivity index is 1.81. The zero-order chi connectivity index (χ0) is 11.2. The minimum atomic E-state index is 0.913. The van der Waals surface area contributed by atoms with Crippen molar-refractivity contribution in [1.29, 1.82) is 0 Å². The summed E-state index contributed by atoms with van der Waals surface area (Å²) >= 11 is 3.50. The molecule has 0 N–H and O–H groups in total. The van der Waals surface area contributed by atoms with E-state index in [9.17, 15) is 0 Å². The van der Waals surface area contributed by atoms with Crippen molar-refractivity contribution < 1.29 is 4.74 Å². The first kappa shape index (κ1) is 11.5. The van der Waals surface area contributed by atoms with Crippen molar-refractivity contribution in [2.24, 2.45) is 0 Å². The molecule has 16 heavy (non-hydrogen) atoms. The third-order valence-corrected chi connectivity index (χ3v) is 4.15. The van der Waals surface area contributed by atoms with Crippen LogP contribution >= 0.6 is 23.1 Å². The van der Waals surface area contributed by atoms with Gasteiger partial charge in [-0.05, 0) is 24.1 Å². The Morgan fingerprint density at radius 2 is 2.12 bits per heavy atom. The molecular formula is C12H13NOS2. The fourth-order valence-electron chi connectivity index (χ4n) is 1.33. The molecule has 2 rings (SSSR count). The molecule has 2 aromatic rings. The van der Waals surface area contributed by atoms with Crippen molar-refractivity contribution in [2.75, 3.05) is 12.9 Å². The van der Waals surface area contributed by atoms with Crippen LogP contribution in [0.15, 0.2) is 40.2 Å². The van der Waals surface area contributed by atoms with Crippen LogP contribution in [0.5, 0.6) is 5.75 Å². The third kappa shape index (κ3) is 3.25. The first-order chi connectivity index (χ1) is 7.88. The molecule has 0 atom stereocenters. The monoisotopic (exact) mass is 251 g/mol. The maximum atomic E-state index is 5.12. The van der Waals surface area contributed by atoms with E-state index in [0.29, 0.717) is 0 Å². The summed E-state index contributed by atoms with van der Waals surface area (Å²) in [5, 5.41) is 2.01. The van der Waals surface area contributed by atoms with E-state index in [1.165, 1.54) is 5.56 Å². The van der Waals surface area contributed by atoms with Crippen LogP contribution in [0.3, 0.4) is 0 Å². The standard InChI is InChI=1S/C12H13NOS2/c1-14-11-4-2-10(3-5-11)6-8-15-12-13-7-9-16-12/h2-5,7,9H,6,8H2,1H3. The Labute approximate surface area is 104 Å². The number of nitrogens with zero attached hydrogens (tertiary/aromatic N) is 1. The number of aryl methyl sites for hydroxylation is 1. The quantitative estimate of drug-likeness (QED) is 0.759. The van der Waals surface area contributed by atoms with Gasteiger partial charge in [0.05, 0.1) is 7.11 Å². The first-order valence-corrected chi connectivity index (χ1v) is 6.90. The van der Waals surface area contributed by atoms with E-state index in [-0.39, 0.29) is 0 Å². The number of thioether (sulfide) groups is 1. The van der Waals surface area contributed by atoms with E-state index < -0.39 is 0 Å². The summed E-state index contributed by atoms with van der Waals surface area (Å²) in [4.78, 5) is 4.24. The fourth-order valence-corrected chi connectivity index (χ4v) is 3.03. The lowest BCUT2D eigenvalue weighted by atomic mass is 10.2. The molecule has 2 nitrogen and oxygen atoms in total. The Hall–Kier alpha value is -1.00. The van der Waals surface area contributed by atoms with Gasteiger partial charge in [-0.2, -0.15) is 0 Å². The van der Waals surface area contributed by atoms with Gasteiger partial charge in [0.1, 0.15) is 10.1 Å². The summed E-state index contributed by atoms with van der Waals surface area (Å²) in [6.45, 7) is 0. The summed E-state index contributed by atoms with van der Waals surface area (Å²) in [7, 11) is 1.69. The molecule has 84 valence electrons. The van der Waals surface area contributed by atoms with Crippen LogP contribution in [0, 0.1) is 0 Å². The number of aromatic nitrogens is 1. The van der Waals surface area contributed by atoms with E-state index in [0.717, 1.165) is 22.3 Å². The average molecular weight is 251 g/mol. The lowest BCUT2D eigenvalue weighted by Gasteiger charge is -2.02. The SMILES string of the molecule is COc1ccc(CCSc2nccs2)cc1. The molecule has 0 unspecified atom stereocenters. The van der Waals surface area contributed by atoms with Gasteiger partial charge in [-0.25, -0.2) is 4.98 Å². The summed E-state index contributed by atoms with van der Waals surface area (Å²) < 4.78 is 6.27. The van der Waals surface area contributed by atoms with Crippen LogP contribution in [-0.2, 0) is 6.42 Å². The number of methoxy groups -OCH3 is 1. The van der Waals surface area contributed by atoms with Crippen molar-refractivity contribution in [1.82, 2.24) is 4.98 Å². The Morgan fingerprint density at radius 3 is 2.75 bits per heavy atom. The molecule has 1 aromatic heterocycles. The molecule has 0 saturated heterocycles. The van der Waals surface area contributed by atoms with Gasteiger partial charge in [-0.1, -0.05) is 23.9 Å². The molecule has 0 radical (unpaired) electrons. The molecule has 0 saturated carbocycles. The van der Waals surface area contributed by atoms with Crippen molar-refractivity contribution in [2.45, 2.75) is 10.8 Å². The number of hydrogen-bond donors (Lipinski definition) is 0. The molecule has 0 amide bonds. The summed E-state index contributed by atoms with van der Waals surface area (Å²) in [5.41, 5.74) is 1.34. The van der Waals surface area contributed by atoms with Gasteiger partial charge in [0.25, 0.3) is 0 Å². The molecular weight excluding hydrogens is 238 g/mol. The normalized spacial score (nSPS) is 10.3. The molecule has 1 aromatic carbocycles. The lowest BCUT2D eigenvalue weighted by Crippen LogP contribution is -1.89. The summed E-state index contributed by atoms with van der Waals surface area (Å²) in [5.74, 6) is 1.98. The molecule has 1 heterocycles. The first-order valence-electron chi connectivity index (χ1n) is 5.04. The largest absolute Gasteiger partial charge is 0.497 e. The van der Waals surface area contributed by atoms with Gasteiger partial charge < -0.3 is 4.74 Å². The molecule has 0 aliphatic carbocycles. The van der Waals surface area contributed by atoms with Crippen molar-refractivity contribution in [3.05, 3.63) is 41.4 Å². The highest BCUT2D eigenvalue weighted by Gasteiger charge is 1.98. The highest BCUT2D eigenvalue weighted by atomic mass is 32.2. The van der Waals surface area contributed by atoms with Crippen molar-refractivity contribution >= 4 is 23.1 Å². The fraction of sp³-hybridized carbons (Fsp3) is 0.250. The number of ether oxygens (including phenoxy) is 1. The van der Waals surface area contributed by atoms with Gasteiger partial charge in [0.15, 0.2) is 0 Å². The highest BCUT2D eigenvalue weighted by molar-refractivity contribution is 8.00. The van der Waals surface area contributed by atoms with E-state index >= 15 is 0 Å². The Morgan fingerprint density at radius 1 is 1.31 bits per heavy atom. The number of hydrogen-bond acceptors (Lipinski definition) is 4. The zero-order valence-electron chi connectivity index (χ0n) is 9.05. The number of rotatable bonds is 5. The summed E-state index contributed by atoms with van der Waals surface area (Å²) in [6, 6.07) is 8.23. The van der Waals surface area contributed by atoms with Crippen LogP contribution < -0.4 is 4.74 Å². The molecule has 0 bridgehead atoms. The predicted octanol–water partition coefficient (Wildman–Crippen LogP) is 3.49. The van der Waals surface area contributed by atoms with Gasteiger partial charge in [-0.15, -0.1) is 11.3 Å². The number of benzene rings is 1. The second-order valence-corrected chi connectivity index (χ2v) is 5.48. The average Bonchev–Trinajstić information content (AvgIpc) is 2.83. The van der Waals surface area contributed by atoms with Gasteiger partial charge >= 0.3 is 0 Å². The van der Waals surface area contributed by atoms with Crippen LogP contribution in [0.1, 0.15) is 5.56 Å². The predicted molar refractivity (Wildman–Crippen MR) is 69.5 cm³/mol. The minimum Gasteiger partial charge on any atom is -0.497 e. The van der Waals surface area contributed by atoms with Crippen LogP contribution in [0.25, 0.3) is 0 Å². The summed E-state index contributed by atoms with van der Waals surface area (Å²) in [6.07, 6.45) is 2.91. The van der Waals surface area contributed by atoms with Crippen LogP contribution in [0.4, 0.5) is 0 Å². The minimum absolute atomic E-state index is 0.913. The Bertz CT molecular complexity index is 411. The molecule has 0 aliphatic heterocycles. The maximum Gasteiger partial charge on any atom is 0.149 e. The van der Waals surface area contributed by atoms with E-state index in [4.69, 9.17) is 4.74 Å².